The smallest absolute Gasteiger partial charge is 0.377 e. The van der Waals surface area contributed by atoms with Crippen LogP contribution < -0.4 is 9.47 Å². The maximum Gasteiger partial charge on any atom is 0.377 e. The van der Waals surface area contributed by atoms with E-state index >= 15 is 0 Å². The molecule has 0 saturated heterocycles. The molecule has 1 N–H and O–H groups in total. The van der Waals surface area contributed by atoms with Crippen LogP contribution in [0.3, 0.4) is 0 Å². The lowest BCUT2D eigenvalue weighted by molar-refractivity contribution is -0.131. The normalized spacial score (nSPS) is 10.0. The Kier molecular flexibility index (Phi) is 4.72. The van der Waals surface area contributed by atoms with Crippen molar-refractivity contribution in [3.05, 3.63) is 21.7 Å². The van der Waals surface area contributed by atoms with Crippen LogP contribution in [-0.2, 0) is 11.2 Å². The zero-order valence-corrected chi connectivity index (χ0v) is 11.8. The second kappa shape index (κ2) is 5.86. The first-order chi connectivity index (χ1) is 8.47. The van der Waals surface area contributed by atoms with E-state index in [-0.39, 0.29) is 5.56 Å². The van der Waals surface area contributed by atoms with Gasteiger partial charge >= 0.3 is 5.97 Å². The van der Waals surface area contributed by atoms with Crippen LogP contribution in [-0.4, -0.2) is 31.1 Å². The summed E-state index contributed by atoms with van der Waals surface area (Å²) in [5.41, 5.74) is 0.689. The number of rotatable bonds is 5. The Balaban J connectivity index is 3.57. The first-order valence-electron chi connectivity index (χ1n) is 5.18. The van der Waals surface area contributed by atoms with Crippen LogP contribution in [0.5, 0.6) is 11.5 Å². The standard InChI is InChI=1S/C12H13BrO5/c1-4-6-7(10(14)12(15)16)5-8(17-2)11(18-3)9(6)13/h5H,4H2,1-3H3,(H,15,16). The highest BCUT2D eigenvalue weighted by Gasteiger charge is 2.24. The van der Waals surface area contributed by atoms with Crippen molar-refractivity contribution in [3.63, 3.8) is 0 Å². The predicted octanol–water partition coefficient (Wildman–Crippen LogP) is 2.30. The Morgan fingerprint density at radius 2 is 1.94 bits per heavy atom. The maximum atomic E-state index is 11.6. The van der Waals surface area contributed by atoms with Crippen LogP contribution in [0.2, 0.25) is 0 Å². The molecule has 1 aromatic rings. The molecule has 5 nitrogen and oxygen atoms in total. The van der Waals surface area contributed by atoms with E-state index in [4.69, 9.17) is 14.6 Å². The largest absolute Gasteiger partial charge is 0.493 e. The van der Waals surface area contributed by atoms with Gasteiger partial charge in [0.05, 0.1) is 18.7 Å². The summed E-state index contributed by atoms with van der Waals surface area (Å²) in [6.07, 6.45) is 0.495. The molecule has 0 aliphatic rings. The quantitative estimate of drug-likeness (QED) is 0.666. The summed E-state index contributed by atoms with van der Waals surface area (Å²) in [5.74, 6) is -1.71. The van der Waals surface area contributed by atoms with E-state index in [1.54, 1.807) is 0 Å². The van der Waals surface area contributed by atoms with Crippen LogP contribution in [0.25, 0.3) is 0 Å². The van der Waals surface area contributed by atoms with Crippen molar-refractivity contribution < 1.29 is 24.2 Å². The van der Waals surface area contributed by atoms with E-state index in [2.05, 4.69) is 15.9 Å². The monoisotopic (exact) mass is 316 g/mol. The van der Waals surface area contributed by atoms with Crippen molar-refractivity contribution in [2.24, 2.45) is 0 Å². The maximum absolute atomic E-state index is 11.6. The summed E-state index contributed by atoms with van der Waals surface area (Å²) < 4.78 is 10.8. The zero-order valence-electron chi connectivity index (χ0n) is 10.2. The first-order valence-corrected chi connectivity index (χ1v) is 5.98. The fourth-order valence-electron chi connectivity index (χ4n) is 1.65. The number of ether oxygens (including phenoxy) is 2. The molecule has 18 heavy (non-hydrogen) atoms. The number of methoxy groups -OCH3 is 2. The third-order valence-corrected chi connectivity index (χ3v) is 3.34. The summed E-state index contributed by atoms with van der Waals surface area (Å²) in [5, 5.41) is 8.80. The van der Waals surface area contributed by atoms with Crippen molar-refractivity contribution in [2.75, 3.05) is 14.2 Å². The number of Topliss-reactive ketones (excluding diaryl/α,β-unsaturated/α-hetero) is 1. The van der Waals surface area contributed by atoms with Gasteiger partial charge < -0.3 is 14.6 Å². The Morgan fingerprint density at radius 3 is 2.33 bits per heavy atom. The lowest BCUT2D eigenvalue weighted by Gasteiger charge is -2.15. The van der Waals surface area contributed by atoms with Gasteiger partial charge in [-0.15, -0.1) is 0 Å². The molecule has 0 spiro atoms. The van der Waals surface area contributed by atoms with Crippen molar-refractivity contribution in [1.82, 2.24) is 0 Å². The highest BCUT2D eigenvalue weighted by molar-refractivity contribution is 9.10. The van der Waals surface area contributed by atoms with Gasteiger partial charge in [-0.25, -0.2) is 4.79 Å². The van der Waals surface area contributed by atoms with Gasteiger partial charge in [-0.1, -0.05) is 6.92 Å². The number of hydrogen-bond donors (Lipinski definition) is 1. The number of ketones is 1. The van der Waals surface area contributed by atoms with Gasteiger partial charge in [-0.05, 0) is 34.0 Å². The Labute approximate surface area is 113 Å². The van der Waals surface area contributed by atoms with Crippen LogP contribution >= 0.6 is 15.9 Å². The molecule has 0 aliphatic carbocycles. The molecule has 1 rings (SSSR count). The summed E-state index contributed by atoms with van der Waals surface area (Å²) >= 11 is 3.31. The molecular weight excluding hydrogens is 304 g/mol. The van der Waals surface area contributed by atoms with E-state index in [0.717, 1.165) is 0 Å². The van der Waals surface area contributed by atoms with E-state index in [9.17, 15) is 9.59 Å². The molecule has 0 heterocycles. The number of carboxylic acids is 1. The molecular formula is C12H13BrO5. The number of carboxylic acid groups (broad SMARTS) is 1. The van der Waals surface area contributed by atoms with E-state index in [1.165, 1.54) is 20.3 Å². The zero-order chi connectivity index (χ0) is 13.9. The van der Waals surface area contributed by atoms with Gasteiger partial charge in [0.1, 0.15) is 0 Å². The molecule has 6 heteroatoms. The number of aliphatic carboxylic acids is 1. The second-order valence-corrected chi connectivity index (χ2v) is 4.23. The average Bonchev–Trinajstić information content (AvgIpc) is 2.36. The number of benzene rings is 1. The molecule has 0 aromatic heterocycles. The average molecular weight is 317 g/mol. The molecule has 0 aliphatic heterocycles. The predicted molar refractivity (Wildman–Crippen MR) is 68.6 cm³/mol. The first kappa shape index (κ1) is 14.5. The third kappa shape index (κ3) is 2.48. The van der Waals surface area contributed by atoms with Crippen LogP contribution in [0.1, 0.15) is 22.8 Å². The molecule has 0 amide bonds. The van der Waals surface area contributed by atoms with Crippen molar-refractivity contribution in [3.8, 4) is 11.5 Å². The highest BCUT2D eigenvalue weighted by atomic mass is 79.9. The lowest BCUT2D eigenvalue weighted by Crippen LogP contribution is -2.15. The fourth-order valence-corrected chi connectivity index (χ4v) is 2.50. The van der Waals surface area contributed by atoms with Crippen LogP contribution in [0.4, 0.5) is 0 Å². The van der Waals surface area contributed by atoms with Crippen molar-refractivity contribution in [1.29, 1.82) is 0 Å². The molecule has 0 fully saturated rings. The van der Waals surface area contributed by atoms with Gasteiger partial charge in [0.15, 0.2) is 11.5 Å². The molecule has 0 saturated carbocycles. The Bertz CT molecular complexity index is 496. The Morgan fingerprint density at radius 1 is 1.33 bits per heavy atom. The van der Waals surface area contributed by atoms with E-state index in [0.29, 0.717) is 28.0 Å². The number of halogens is 1. The molecule has 98 valence electrons. The minimum absolute atomic E-state index is 0.106. The fraction of sp³-hybridized carbons (Fsp3) is 0.333. The third-order valence-electron chi connectivity index (χ3n) is 2.51. The van der Waals surface area contributed by atoms with E-state index in [1.807, 2.05) is 6.92 Å². The van der Waals surface area contributed by atoms with Gasteiger partial charge in [0.25, 0.3) is 5.78 Å². The number of hydrogen-bond acceptors (Lipinski definition) is 4. The van der Waals surface area contributed by atoms with Crippen LogP contribution in [0, 0.1) is 0 Å². The molecule has 0 bridgehead atoms. The summed E-state index contributed by atoms with van der Waals surface area (Å²) in [6, 6.07) is 1.39. The van der Waals surface area contributed by atoms with Gasteiger partial charge in [0, 0.05) is 5.56 Å². The topological polar surface area (TPSA) is 72.8 Å². The van der Waals surface area contributed by atoms with E-state index < -0.39 is 11.8 Å². The summed E-state index contributed by atoms with van der Waals surface area (Å²) in [4.78, 5) is 22.4. The number of carbonyl (C=O) groups excluding carboxylic acids is 1. The minimum atomic E-state index is -1.50. The highest BCUT2D eigenvalue weighted by Crippen LogP contribution is 2.40. The Hall–Kier alpha value is -1.56. The number of carbonyl (C=O) groups is 2. The minimum Gasteiger partial charge on any atom is -0.493 e. The van der Waals surface area contributed by atoms with Crippen molar-refractivity contribution >= 4 is 27.7 Å². The van der Waals surface area contributed by atoms with Gasteiger partial charge in [-0.2, -0.15) is 0 Å². The van der Waals surface area contributed by atoms with Crippen molar-refractivity contribution in [2.45, 2.75) is 13.3 Å². The lowest BCUT2D eigenvalue weighted by atomic mass is 10.0. The molecule has 0 radical (unpaired) electrons. The van der Waals surface area contributed by atoms with Gasteiger partial charge in [-0.3, -0.25) is 4.79 Å². The SMILES string of the molecule is CCc1c(C(=O)C(=O)O)cc(OC)c(OC)c1Br. The summed E-state index contributed by atoms with van der Waals surface area (Å²) in [7, 11) is 2.89. The summed E-state index contributed by atoms with van der Waals surface area (Å²) in [6.45, 7) is 1.82. The molecule has 1 aromatic carbocycles. The van der Waals surface area contributed by atoms with Crippen LogP contribution in [0.15, 0.2) is 10.5 Å². The second-order valence-electron chi connectivity index (χ2n) is 3.44. The molecule has 0 atom stereocenters. The van der Waals surface area contributed by atoms with Gasteiger partial charge in [0.2, 0.25) is 0 Å². The molecule has 0 unspecified atom stereocenters.